The van der Waals surface area contributed by atoms with Crippen LogP contribution in [0.1, 0.15) is 33.3 Å². The van der Waals surface area contributed by atoms with E-state index >= 15 is 0 Å². The van der Waals surface area contributed by atoms with Gasteiger partial charge in [-0.3, -0.25) is 9.89 Å². The van der Waals surface area contributed by atoms with Gasteiger partial charge in [-0.2, -0.15) is 0 Å². The van der Waals surface area contributed by atoms with Gasteiger partial charge in [0.15, 0.2) is 5.96 Å². The molecule has 1 fully saturated rings. The van der Waals surface area contributed by atoms with Gasteiger partial charge < -0.3 is 10.6 Å². The van der Waals surface area contributed by atoms with Crippen molar-refractivity contribution in [3.05, 3.63) is 35.6 Å². The maximum atomic E-state index is 12.9. The molecular formula is C19H32FIN4. The number of halogens is 2. The van der Waals surface area contributed by atoms with Crippen molar-refractivity contribution in [2.75, 3.05) is 26.2 Å². The number of hydrogen-bond donors (Lipinski definition) is 2. The van der Waals surface area contributed by atoms with Gasteiger partial charge in [0.2, 0.25) is 0 Å². The number of nitrogens with zero attached hydrogens (tertiary/aromatic N) is 2. The van der Waals surface area contributed by atoms with Crippen molar-refractivity contribution in [2.45, 2.75) is 46.2 Å². The van der Waals surface area contributed by atoms with Crippen molar-refractivity contribution in [3.8, 4) is 0 Å². The lowest BCUT2D eigenvalue weighted by molar-refractivity contribution is 0.265. The van der Waals surface area contributed by atoms with Gasteiger partial charge in [-0.15, -0.1) is 24.0 Å². The number of rotatable bonds is 6. The Morgan fingerprint density at radius 1 is 1.28 bits per heavy atom. The van der Waals surface area contributed by atoms with Crippen molar-refractivity contribution in [2.24, 2.45) is 10.9 Å². The summed E-state index contributed by atoms with van der Waals surface area (Å²) in [6.07, 6.45) is 0.815. The Labute approximate surface area is 168 Å². The van der Waals surface area contributed by atoms with E-state index in [4.69, 9.17) is 0 Å². The van der Waals surface area contributed by atoms with Gasteiger partial charge in [0.1, 0.15) is 5.82 Å². The highest BCUT2D eigenvalue weighted by Crippen LogP contribution is 2.18. The molecule has 1 aliphatic heterocycles. The van der Waals surface area contributed by atoms with E-state index in [1.54, 1.807) is 0 Å². The molecule has 25 heavy (non-hydrogen) atoms. The van der Waals surface area contributed by atoms with Gasteiger partial charge in [0.05, 0.1) is 0 Å². The third-order valence-corrected chi connectivity index (χ3v) is 4.62. The molecule has 1 saturated heterocycles. The first-order chi connectivity index (χ1) is 11.5. The number of guanidine groups is 1. The smallest absolute Gasteiger partial charge is 0.191 e. The molecule has 2 rings (SSSR count). The van der Waals surface area contributed by atoms with Crippen LogP contribution in [0.15, 0.2) is 29.3 Å². The third kappa shape index (κ3) is 7.09. The van der Waals surface area contributed by atoms with Gasteiger partial charge in [-0.25, -0.2) is 4.39 Å². The molecular weight excluding hydrogens is 430 g/mol. The Morgan fingerprint density at radius 2 is 1.96 bits per heavy atom. The fraction of sp³-hybridized carbons (Fsp3) is 0.632. The summed E-state index contributed by atoms with van der Waals surface area (Å²) in [4.78, 5) is 7.19. The van der Waals surface area contributed by atoms with Crippen LogP contribution in [0.2, 0.25) is 0 Å². The Morgan fingerprint density at radius 3 is 2.52 bits per heavy atom. The average Bonchev–Trinajstić information content (AvgIpc) is 2.91. The maximum absolute atomic E-state index is 12.9. The van der Waals surface area contributed by atoms with E-state index in [1.165, 1.54) is 12.1 Å². The van der Waals surface area contributed by atoms with Gasteiger partial charge in [-0.05, 0) is 50.8 Å². The van der Waals surface area contributed by atoms with E-state index < -0.39 is 0 Å². The summed E-state index contributed by atoms with van der Waals surface area (Å²) in [5.41, 5.74) is 1.11. The zero-order valence-electron chi connectivity index (χ0n) is 15.8. The summed E-state index contributed by atoms with van der Waals surface area (Å²) >= 11 is 0. The molecule has 0 amide bonds. The van der Waals surface area contributed by atoms with E-state index in [-0.39, 0.29) is 29.8 Å². The molecule has 0 aliphatic carbocycles. The standard InChI is InChI=1S/C19H31FN4.HI/c1-5-21-19(22-11-10-16-6-8-17(20)9-7-16)23-18-13-24(14(2)3)12-15(18)4;/h6-9,14-15,18H,5,10-13H2,1-4H3,(H2,21,22,23);1H. The maximum Gasteiger partial charge on any atom is 0.191 e. The molecule has 0 spiro atoms. The molecule has 2 atom stereocenters. The van der Waals surface area contributed by atoms with Crippen molar-refractivity contribution in [1.82, 2.24) is 15.5 Å². The predicted molar refractivity (Wildman–Crippen MR) is 114 cm³/mol. The molecule has 2 unspecified atom stereocenters. The van der Waals surface area contributed by atoms with Crippen LogP contribution in [0.5, 0.6) is 0 Å². The molecule has 1 aliphatic rings. The second kappa shape index (κ2) is 11.0. The fourth-order valence-electron chi connectivity index (χ4n) is 3.06. The molecule has 0 aromatic heterocycles. The summed E-state index contributed by atoms with van der Waals surface area (Å²) in [6.45, 7) is 12.6. The molecule has 142 valence electrons. The number of likely N-dealkylation sites (tertiary alicyclic amines) is 1. The Hall–Kier alpha value is -0.890. The number of benzene rings is 1. The van der Waals surface area contributed by atoms with Crippen LogP contribution in [0.4, 0.5) is 4.39 Å². The van der Waals surface area contributed by atoms with Gasteiger partial charge in [0, 0.05) is 38.3 Å². The summed E-state index contributed by atoms with van der Waals surface area (Å²) in [6, 6.07) is 7.66. The fourth-order valence-corrected chi connectivity index (χ4v) is 3.06. The van der Waals surface area contributed by atoms with Crippen LogP contribution in [-0.4, -0.2) is 49.1 Å². The topological polar surface area (TPSA) is 39.7 Å². The second-order valence-electron chi connectivity index (χ2n) is 6.91. The molecule has 1 heterocycles. The monoisotopic (exact) mass is 462 g/mol. The highest BCUT2D eigenvalue weighted by Gasteiger charge is 2.31. The number of nitrogens with one attached hydrogen (secondary N) is 2. The Bertz CT molecular complexity index is 533. The predicted octanol–water partition coefficient (Wildman–Crippen LogP) is 3.27. The van der Waals surface area contributed by atoms with Gasteiger partial charge >= 0.3 is 0 Å². The van der Waals surface area contributed by atoms with E-state index in [0.29, 0.717) is 24.5 Å². The molecule has 2 N–H and O–H groups in total. The molecule has 1 aromatic carbocycles. The van der Waals surface area contributed by atoms with Crippen molar-refractivity contribution in [1.29, 1.82) is 0 Å². The van der Waals surface area contributed by atoms with Crippen molar-refractivity contribution in [3.63, 3.8) is 0 Å². The Kier molecular flexibility index (Phi) is 9.71. The molecule has 0 saturated carbocycles. The molecule has 0 radical (unpaired) electrons. The lowest BCUT2D eigenvalue weighted by atomic mass is 10.1. The summed E-state index contributed by atoms with van der Waals surface area (Å²) in [5.74, 6) is 1.29. The summed E-state index contributed by atoms with van der Waals surface area (Å²) < 4.78 is 12.9. The zero-order chi connectivity index (χ0) is 17.5. The highest BCUT2D eigenvalue weighted by molar-refractivity contribution is 14.0. The van der Waals surface area contributed by atoms with E-state index in [2.05, 4.69) is 48.2 Å². The largest absolute Gasteiger partial charge is 0.357 e. The van der Waals surface area contributed by atoms with E-state index in [1.807, 2.05) is 12.1 Å². The quantitative estimate of drug-likeness (QED) is 0.388. The minimum absolute atomic E-state index is 0. The SMILES string of the molecule is CCNC(=NCCc1ccc(F)cc1)NC1CN(C(C)C)CC1C.I. The number of hydrogen-bond acceptors (Lipinski definition) is 2. The Balaban J connectivity index is 0.00000312. The summed E-state index contributed by atoms with van der Waals surface area (Å²) in [5, 5.41) is 6.91. The minimum atomic E-state index is -0.192. The first-order valence-corrected chi connectivity index (χ1v) is 9.03. The third-order valence-electron chi connectivity index (χ3n) is 4.62. The normalized spacial score (nSPS) is 21.3. The van der Waals surface area contributed by atoms with Crippen LogP contribution in [0.25, 0.3) is 0 Å². The highest BCUT2D eigenvalue weighted by atomic mass is 127. The van der Waals surface area contributed by atoms with Crippen LogP contribution >= 0.6 is 24.0 Å². The van der Waals surface area contributed by atoms with Gasteiger partial charge in [0.25, 0.3) is 0 Å². The zero-order valence-corrected chi connectivity index (χ0v) is 18.1. The van der Waals surface area contributed by atoms with E-state index in [9.17, 15) is 4.39 Å². The number of aliphatic imine (C=N–C) groups is 1. The van der Waals surface area contributed by atoms with Crippen LogP contribution < -0.4 is 10.6 Å². The van der Waals surface area contributed by atoms with Gasteiger partial charge in [-0.1, -0.05) is 19.1 Å². The van der Waals surface area contributed by atoms with Crippen LogP contribution in [0, 0.1) is 11.7 Å². The molecule has 1 aromatic rings. The molecule has 0 bridgehead atoms. The van der Waals surface area contributed by atoms with Crippen molar-refractivity contribution < 1.29 is 4.39 Å². The summed E-state index contributed by atoms with van der Waals surface area (Å²) in [7, 11) is 0. The first kappa shape index (κ1) is 22.2. The molecule has 6 heteroatoms. The second-order valence-corrected chi connectivity index (χ2v) is 6.91. The minimum Gasteiger partial charge on any atom is -0.357 e. The van der Waals surface area contributed by atoms with E-state index in [0.717, 1.165) is 37.6 Å². The molecule has 4 nitrogen and oxygen atoms in total. The lowest BCUT2D eigenvalue weighted by Crippen LogP contribution is -2.46. The van der Waals surface area contributed by atoms with Crippen molar-refractivity contribution >= 4 is 29.9 Å². The first-order valence-electron chi connectivity index (χ1n) is 9.03. The van der Waals surface area contributed by atoms with Crippen LogP contribution in [0.3, 0.4) is 0 Å². The lowest BCUT2D eigenvalue weighted by Gasteiger charge is -2.22. The average molecular weight is 462 g/mol. The van der Waals surface area contributed by atoms with Crippen LogP contribution in [-0.2, 0) is 6.42 Å².